The molecule has 0 saturated carbocycles. The van der Waals surface area contributed by atoms with Crippen molar-refractivity contribution in [1.29, 1.82) is 0 Å². The van der Waals surface area contributed by atoms with Crippen molar-refractivity contribution in [3.8, 4) is 34.5 Å². The van der Waals surface area contributed by atoms with E-state index in [1.807, 2.05) is 45.9 Å². The molecule has 0 radical (unpaired) electrons. The molecule has 0 bridgehead atoms. The zero-order chi connectivity index (χ0) is 26.4. The quantitative estimate of drug-likeness (QED) is 0.183. The lowest BCUT2D eigenvalue weighted by Crippen LogP contribution is -2.11. The lowest BCUT2D eigenvalue weighted by molar-refractivity contribution is 0.0733. The number of ether oxygens (including phenoxy) is 5. The summed E-state index contributed by atoms with van der Waals surface area (Å²) in [4.78, 5) is 25.9. The van der Waals surface area contributed by atoms with Crippen LogP contribution in [0.2, 0.25) is 0 Å². The number of carbonyl (C=O) groups excluding carboxylic acids is 1. The summed E-state index contributed by atoms with van der Waals surface area (Å²) in [5.41, 5.74) is 1.14. The molecule has 0 aliphatic rings. The van der Waals surface area contributed by atoms with Gasteiger partial charge < -0.3 is 28.1 Å². The highest BCUT2D eigenvalue weighted by molar-refractivity contribution is 5.93. The Morgan fingerprint density at radius 3 is 2.16 bits per heavy atom. The van der Waals surface area contributed by atoms with E-state index in [0.717, 1.165) is 5.56 Å². The predicted octanol–water partition coefficient (Wildman–Crippen LogP) is 6.31. The predicted molar refractivity (Wildman–Crippen MR) is 139 cm³/mol. The van der Waals surface area contributed by atoms with Crippen LogP contribution in [-0.2, 0) is 0 Å². The van der Waals surface area contributed by atoms with E-state index in [1.54, 1.807) is 18.2 Å². The summed E-state index contributed by atoms with van der Waals surface area (Å²) in [6, 6.07) is 15.0. The van der Waals surface area contributed by atoms with Crippen molar-refractivity contribution in [1.82, 2.24) is 0 Å². The zero-order valence-electron chi connectivity index (χ0n) is 21.2. The van der Waals surface area contributed by atoms with E-state index in [0.29, 0.717) is 48.2 Å². The molecule has 1 aromatic heterocycles. The zero-order valence-corrected chi connectivity index (χ0v) is 21.2. The van der Waals surface area contributed by atoms with E-state index < -0.39 is 5.97 Å². The summed E-state index contributed by atoms with van der Waals surface area (Å²) in [5, 5.41) is 0.295. The summed E-state index contributed by atoms with van der Waals surface area (Å²) in [6.45, 7) is 8.62. The normalized spacial score (nSPS) is 10.7. The fourth-order valence-corrected chi connectivity index (χ4v) is 3.70. The fourth-order valence-electron chi connectivity index (χ4n) is 3.70. The average Bonchev–Trinajstić information content (AvgIpc) is 2.88. The first kappa shape index (κ1) is 25.6. The second kappa shape index (κ2) is 11.5. The van der Waals surface area contributed by atoms with Gasteiger partial charge in [0, 0.05) is 6.07 Å². The van der Waals surface area contributed by atoms with Crippen LogP contribution in [0.4, 0.5) is 0 Å². The van der Waals surface area contributed by atoms with E-state index in [9.17, 15) is 9.59 Å². The van der Waals surface area contributed by atoms with Crippen molar-refractivity contribution in [3.63, 3.8) is 0 Å². The van der Waals surface area contributed by atoms with E-state index in [2.05, 4.69) is 0 Å². The van der Waals surface area contributed by atoms with Gasteiger partial charge in [0.1, 0.15) is 23.3 Å². The third-order valence-electron chi connectivity index (χ3n) is 5.29. The Bertz CT molecular complexity index is 1440. The molecule has 0 unspecified atom stereocenters. The Kier molecular flexibility index (Phi) is 7.98. The lowest BCUT2D eigenvalue weighted by Gasteiger charge is -2.16. The number of aryl methyl sites for hydroxylation is 1. The number of esters is 1. The summed E-state index contributed by atoms with van der Waals surface area (Å²) in [5.74, 6) is 1.36. The SMILES string of the molecule is CCOc1cc(C(=O)Oc2ccc3c(=O)c(Oc4cccc(C)c4)coc3c2)cc(OCC)c1OCC. The highest BCUT2D eigenvalue weighted by atomic mass is 16.5. The van der Waals surface area contributed by atoms with Gasteiger partial charge in [-0.05, 0) is 69.7 Å². The molecule has 4 aromatic rings. The van der Waals surface area contributed by atoms with Gasteiger partial charge in [-0.3, -0.25) is 4.79 Å². The minimum Gasteiger partial charge on any atom is -0.490 e. The summed E-state index contributed by atoms with van der Waals surface area (Å²) < 4.78 is 33.9. The van der Waals surface area contributed by atoms with Crippen molar-refractivity contribution in [3.05, 3.63) is 82.2 Å². The molecular weight excluding hydrogens is 476 g/mol. The summed E-state index contributed by atoms with van der Waals surface area (Å²) in [7, 11) is 0. The molecule has 0 aliphatic heterocycles. The van der Waals surface area contributed by atoms with Crippen molar-refractivity contribution in [2.24, 2.45) is 0 Å². The minimum absolute atomic E-state index is 0.0594. The van der Waals surface area contributed by atoms with Crippen LogP contribution in [-0.4, -0.2) is 25.8 Å². The van der Waals surface area contributed by atoms with Crippen LogP contribution >= 0.6 is 0 Å². The Morgan fingerprint density at radius 1 is 0.811 bits per heavy atom. The van der Waals surface area contributed by atoms with Gasteiger partial charge in [-0.25, -0.2) is 4.79 Å². The molecule has 0 fully saturated rings. The van der Waals surface area contributed by atoms with Crippen LogP contribution in [0, 0.1) is 6.92 Å². The van der Waals surface area contributed by atoms with Crippen molar-refractivity contribution >= 4 is 16.9 Å². The highest BCUT2D eigenvalue weighted by Crippen LogP contribution is 2.39. The fraction of sp³-hybridized carbons (Fsp3) is 0.241. The molecular formula is C29H28O8. The Morgan fingerprint density at radius 2 is 1.51 bits per heavy atom. The molecule has 4 rings (SSSR count). The number of fused-ring (bicyclic) bond motifs is 1. The third kappa shape index (κ3) is 5.86. The summed E-state index contributed by atoms with van der Waals surface area (Å²) >= 11 is 0. The molecule has 0 atom stereocenters. The number of hydrogen-bond acceptors (Lipinski definition) is 8. The van der Waals surface area contributed by atoms with Crippen LogP contribution in [0.25, 0.3) is 11.0 Å². The number of hydrogen-bond donors (Lipinski definition) is 0. The highest BCUT2D eigenvalue weighted by Gasteiger charge is 2.20. The monoisotopic (exact) mass is 504 g/mol. The standard InChI is InChI=1S/C29H28O8/c1-5-32-24-14-19(15-25(33-6-2)28(24)34-7-3)29(31)37-21-11-12-22-23(16-21)35-17-26(27(22)30)36-20-10-8-9-18(4)13-20/h8-17H,5-7H2,1-4H3. The second-order valence-corrected chi connectivity index (χ2v) is 8.00. The van der Waals surface area contributed by atoms with Crippen molar-refractivity contribution in [2.45, 2.75) is 27.7 Å². The molecule has 0 aliphatic carbocycles. The molecule has 0 saturated heterocycles. The molecule has 192 valence electrons. The van der Waals surface area contributed by atoms with Gasteiger partial charge in [-0.1, -0.05) is 12.1 Å². The van der Waals surface area contributed by atoms with Gasteiger partial charge >= 0.3 is 5.97 Å². The first-order valence-electron chi connectivity index (χ1n) is 12.0. The third-order valence-corrected chi connectivity index (χ3v) is 5.29. The van der Waals surface area contributed by atoms with Crippen molar-refractivity contribution in [2.75, 3.05) is 19.8 Å². The largest absolute Gasteiger partial charge is 0.490 e. The van der Waals surface area contributed by atoms with Gasteiger partial charge in [0.25, 0.3) is 0 Å². The number of rotatable bonds is 10. The maximum absolute atomic E-state index is 13.0. The Labute approximate surface area is 214 Å². The first-order valence-corrected chi connectivity index (χ1v) is 12.0. The minimum atomic E-state index is -0.633. The number of carbonyl (C=O) groups is 1. The second-order valence-electron chi connectivity index (χ2n) is 8.00. The van der Waals surface area contributed by atoms with Gasteiger partial charge in [0.2, 0.25) is 16.9 Å². The van der Waals surface area contributed by atoms with Gasteiger partial charge in [0.15, 0.2) is 11.5 Å². The lowest BCUT2D eigenvalue weighted by atomic mass is 10.1. The topological polar surface area (TPSA) is 93.4 Å². The Balaban J connectivity index is 1.60. The van der Waals surface area contributed by atoms with E-state index in [4.69, 9.17) is 28.1 Å². The number of benzene rings is 3. The smallest absolute Gasteiger partial charge is 0.343 e. The maximum atomic E-state index is 13.0. The van der Waals surface area contributed by atoms with E-state index >= 15 is 0 Å². The molecule has 37 heavy (non-hydrogen) atoms. The van der Waals surface area contributed by atoms with Gasteiger partial charge in [-0.2, -0.15) is 0 Å². The van der Waals surface area contributed by atoms with Gasteiger partial charge in [0.05, 0.1) is 30.8 Å². The van der Waals surface area contributed by atoms with Crippen LogP contribution in [0.3, 0.4) is 0 Å². The molecule has 0 amide bonds. The molecule has 8 nitrogen and oxygen atoms in total. The molecule has 0 N–H and O–H groups in total. The van der Waals surface area contributed by atoms with Crippen LogP contribution in [0.1, 0.15) is 36.7 Å². The first-order chi connectivity index (χ1) is 17.9. The summed E-state index contributed by atoms with van der Waals surface area (Å²) in [6.07, 6.45) is 1.24. The molecule has 3 aromatic carbocycles. The van der Waals surface area contributed by atoms with Crippen LogP contribution < -0.4 is 29.1 Å². The maximum Gasteiger partial charge on any atom is 0.343 e. The van der Waals surface area contributed by atoms with Gasteiger partial charge in [-0.15, -0.1) is 0 Å². The van der Waals surface area contributed by atoms with Crippen LogP contribution in [0.5, 0.6) is 34.5 Å². The van der Waals surface area contributed by atoms with Crippen molar-refractivity contribution < 1.29 is 32.9 Å². The average molecular weight is 505 g/mol. The van der Waals surface area contributed by atoms with E-state index in [-0.39, 0.29) is 28.1 Å². The molecule has 1 heterocycles. The molecule has 0 spiro atoms. The molecule has 8 heteroatoms. The Hall–Kier alpha value is -4.46. The van der Waals surface area contributed by atoms with E-state index in [1.165, 1.54) is 24.5 Å². The van der Waals surface area contributed by atoms with Crippen LogP contribution in [0.15, 0.2) is 70.1 Å².